The molecular formula is C12H8BrN3OS. The minimum absolute atomic E-state index is 0.434. The molecule has 0 saturated carbocycles. The van der Waals surface area contributed by atoms with Crippen molar-refractivity contribution in [1.82, 2.24) is 10.1 Å². The van der Waals surface area contributed by atoms with Crippen LogP contribution in [0.3, 0.4) is 0 Å². The van der Waals surface area contributed by atoms with Gasteiger partial charge in [0.1, 0.15) is 0 Å². The number of rotatable bonds is 2. The van der Waals surface area contributed by atoms with Gasteiger partial charge in [0, 0.05) is 10.2 Å². The van der Waals surface area contributed by atoms with E-state index in [1.807, 2.05) is 35.7 Å². The van der Waals surface area contributed by atoms with Crippen LogP contribution >= 0.6 is 27.3 Å². The summed E-state index contributed by atoms with van der Waals surface area (Å²) in [5.74, 6) is 1.02. The van der Waals surface area contributed by atoms with Crippen molar-refractivity contribution >= 4 is 33.0 Å². The highest BCUT2D eigenvalue weighted by Gasteiger charge is 2.13. The van der Waals surface area contributed by atoms with Crippen LogP contribution in [0.25, 0.3) is 22.2 Å². The molecule has 0 fully saturated rings. The van der Waals surface area contributed by atoms with Gasteiger partial charge in [0.15, 0.2) is 0 Å². The molecule has 0 aliphatic heterocycles. The van der Waals surface area contributed by atoms with Crippen LogP contribution in [0.5, 0.6) is 0 Å². The third-order valence-electron chi connectivity index (χ3n) is 2.41. The van der Waals surface area contributed by atoms with Crippen LogP contribution in [-0.4, -0.2) is 10.1 Å². The van der Waals surface area contributed by atoms with Gasteiger partial charge in [-0.3, -0.25) is 0 Å². The number of hydrogen-bond donors (Lipinski definition) is 1. The van der Waals surface area contributed by atoms with Crippen LogP contribution in [0.15, 0.2) is 44.7 Å². The maximum atomic E-state index is 5.93. The largest absolute Gasteiger partial charge is 0.398 e. The number of thiophene rings is 1. The molecule has 18 heavy (non-hydrogen) atoms. The highest BCUT2D eigenvalue weighted by atomic mass is 79.9. The number of nitrogens with zero attached hydrogens (tertiary/aromatic N) is 2. The van der Waals surface area contributed by atoms with E-state index in [4.69, 9.17) is 10.3 Å². The fourth-order valence-corrected chi connectivity index (χ4v) is 2.60. The van der Waals surface area contributed by atoms with E-state index >= 15 is 0 Å². The van der Waals surface area contributed by atoms with E-state index in [0.29, 0.717) is 17.4 Å². The maximum absolute atomic E-state index is 5.93. The highest BCUT2D eigenvalue weighted by Crippen LogP contribution is 2.30. The van der Waals surface area contributed by atoms with Crippen molar-refractivity contribution < 1.29 is 4.52 Å². The van der Waals surface area contributed by atoms with Gasteiger partial charge in [-0.25, -0.2) is 0 Å². The summed E-state index contributed by atoms with van der Waals surface area (Å²) in [7, 11) is 0. The Balaban J connectivity index is 2.03. The molecule has 0 aliphatic rings. The van der Waals surface area contributed by atoms with Gasteiger partial charge in [-0.2, -0.15) is 4.98 Å². The van der Waals surface area contributed by atoms with Crippen LogP contribution in [0.2, 0.25) is 0 Å². The van der Waals surface area contributed by atoms with Gasteiger partial charge in [0.2, 0.25) is 5.82 Å². The third-order valence-corrected chi connectivity index (χ3v) is 3.77. The number of aromatic nitrogens is 2. The summed E-state index contributed by atoms with van der Waals surface area (Å²) < 4.78 is 6.16. The van der Waals surface area contributed by atoms with Crippen LogP contribution < -0.4 is 5.73 Å². The van der Waals surface area contributed by atoms with Crippen molar-refractivity contribution in [3.63, 3.8) is 0 Å². The number of nitrogen functional groups attached to an aromatic ring is 1. The average Bonchev–Trinajstić information content (AvgIpc) is 2.99. The van der Waals surface area contributed by atoms with Crippen molar-refractivity contribution in [3.8, 4) is 22.2 Å². The molecule has 0 amide bonds. The Morgan fingerprint density at radius 3 is 2.89 bits per heavy atom. The lowest BCUT2D eigenvalue weighted by molar-refractivity contribution is 0.432. The first kappa shape index (κ1) is 11.4. The van der Waals surface area contributed by atoms with Crippen LogP contribution in [0, 0.1) is 0 Å². The molecule has 0 radical (unpaired) electrons. The molecule has 2 N–H and O–H groups in total. The highest BCUT2D eigenvalue weighted by molar-refractivity contribution is 9.10. The molecule has 3 rings (SSSR count). The Kier molecular flexibility index (Phi) is 2.89. The Hall–Kier alpha value is -1.66. The van der Waals surface area contributed by atoms with Crippen molar-refractivity contribution in [3.05, 3.63) is 40.2 Å². The van der Waals surface area contributed by atoms with Gasteiger partial charge < -0.3 is 10.3 Å². The Labute approximate surface area is 116 Å². The number of hydrogen-bond acceptors (Lipinski definition) is 5. The Morgan fingerprint density at radius 1 is 1.28 bits per heavy atom. The standard InChI is InChI=1S/C12H8BrN3OS/c13-7-3-4-8(9(14)6-7)12-15-11(16-17-12)10-2-1-5-18-10/h1-6H,14H2. The molecule has 2 heterocycles. The fourth-order valence-electron chi connectivity index (χ4n) is 1.57. The van der Waals surface area contributed by atoms with Crippen molar-refractivity contribution in [2.45, 2.75) is 0 Å². The molecule has 0 spiro atoms. The molecular weight excluding hydrogens is 314 g/mol. The number of nitrogens with two attached hydrogens (primary N) is 1. The van der Waals surface area contributed by atoms with Crippen LogP contribution in [0.1, 0.15) is 0 Å². The lowest BCUT2D eigenvalue weighted by Crippen LogP contribution is -1.89. The first-order chi connectivity index (χ1) is 8.74. The molecule has 0 unspecified atom stereocenters. The summed E-state index contributed by atoms with van der Waals surface area (Å²) >= 11 is 4.93. The summed E-state index contributed by atoms with van der Waals surface area (Å²) in [5.41, 5.74) is 7.27. The van der Waals surface area contributed by atoms with Crippen molar-refractivity contribution in [2.75, 3.05) is 5.73 Å². The number of anilines is 1. The smallest absolute Gasteiger partial charge is 0.260 e. The SMILES string of the molecule is Nc1cc(Br)ccc1-c1nc(-c2cccs2)no1. The summed E-state index contributed by atoms with van der Waals surface area (Å²) in [6.45, 7) is 0. The van der Waals surface area contributed by atoms with Crippen LogP contribution in [-0.2, 0) is 0 Å². The lowest BCUT2D eigenvalue weighted by Gasteiger charge is -2.00. The molecule has 0 bridgehead atoms. The van der Waals surface area contributed by atoms with E-state index in [1.54, 1.807) is 11.3 Å². The zero-order valence-corrected chi connectivity index (χ0v) is 11.5. The summed E-state index contributed by atoms with van der Waals surface area (Å²) in [6, 6.07) is 9.45. The molecule has 0 saturated heterocycles. The molecule has 2 aromatic heterocycles. The average molecular weight is 322 g/mol. The van der Waals surface area contributed by atoms with E-state index < -0.39 is 0 Å². The van der Waals surface area contributed by atoms with E-state index in [0.717, 1.165) is 14.9 Å². The van der Waals surface area contributed by atoms with E-state index in [1.165, 1.54) is 0 Å². The van der Waals surface area contributed by atoms with Crippen molar-refractivity contribution in [2.24, 2.45) is 0 Å². The minimum atomic E-state index is 0.434. The molecule has 90 valence electrons. The summed E-state index contributed by atoms with van der Waals surface area (Å²) in [5, 5.41) is 5.93. The second kappa shape index (κ2) is 4.55. The van der Waals surface area contributed by atoms with Crippen molar-refractivity contribution in [1.29, 1.82) is 0 Å². The van der Waals surface area contributed by atoms with Gasteiger partial charge in [0.05, 0.1) is 10.4 Å². The topological polar surface area (TPSA) is 64.9 Å². The second-order valence-electron chi connectivity index (χ2n) is 3.63. The first-order valence-electron chi connectivity index (χ1n) is 5.17. The van der Waals surface area contributed by atoms with Crippen LogP contribution in [0.4, 0.5) is 5.69 Å². The van der Waals surface area contributed by atoms with E-state index in [9.17, 15) is 0 Å². The molecule has 4 nitrogen and oxygen atoms in total. The Bertz CT molecular complexity index is 678. The molecule has 6 heteroatoms. The van der Waals surface area contributed by atoms with E-state index in [-0.39, 0.29) is 0 Å². The predicted octanol–water partition coefficient (Wildman–Crippen LogP) is 3.81. The predicted molar refractivity (Wildman–Crippen MR) is 75.2 cm³/mol. The Morgan fingerprint density at radius 2 is 2.17 bits per heavy atom. The summed E-state index contributed by atoms with van der Waals surface area (Å²) in [4.78, 5) is 5.32. The first-order valence-corrected chi connectivity index (χ1v) is 6.84. The quantitative estimate of drug-likeness (QED) is 0.729. The number of benzene rings is 1. The molecule has 1 aromatic carbocycles. The van der Waals surface area contributed by atoms with Gasteiger partial charge in [-0.15, -0.1) is 11.3 Å². The molecule has 0 aliphatic carbocycles. The second-order valence-corrected chi connectivity index (χ2v) is 5.50. The zero-order valence-electron chi connectivity index (χ0n) is 9.13. The van der Waals surface area contributed by atoms with Gasteiger partial charge in [-0.05, 0) is 29.6 Å². The lowest BCUT2D eigenvalue weighted by atomic mass is 10.2. The molecule has 3 aromatic rings. The maximum Gasteiger partial charge on any atom is 0.260 e. The zero-order chi connectivity index (χ0) is 12.5. The van der Waals surface area contributed by atoms with Gasteiger partial charge in [0.25, 0.3) is 5.89 Å². The van der Waals surface area contributed by atoms with Gasteiger partial charge >= 0.3 is 0 Å². The minimum Gasteiger partial charge on any atom is -0.398 e. The summed E-state index contributed by atoms with van der Waals surface area (Å²) in [6.07, 6.45) is 0. The fraction of sp³-hybridized carbons (Fsp3) is 0. The van der Waals surface area contributed by atoms with Gasteiger partial charge in [-0.1, -0.05) is 27.2 Å². The monoisotopic (exact) mass is 321 g/mol. The number of halogens is 1. The normalized spacial score (nSPS) is 10.7. The third kappa shape index (κ3) is 2.04. The molecule has 0 atom stereocenters. The van der Waals surface area contributed by atoms with E-state index in [2.05, 4.69) is 26.1 Å².